The highest BCUT2D eigenvalue weighted by Crippen LogP contribution is 2.44. The monoisotopic (exact) mass is 888 g/mol. The number of fused-ring (bicyclic) bond motifs is 6. The number of hydrogen-bond donors (Lipinski definition) is 4. The van der Waals surface area contributed by atoms with Gasteiger partial charge in [-0.05, 0) is 124 Å². The predicted octanol–water partition coefficient (Wildman–Crippen LogP) is 8.08. The Bertz CT molecular complexity index is 2630. The first-order valence-electron chi connectivity index (χ1n) is 23.0. The summed E-state index contributed by atoms with van der Waals surface area (Å²) in [6.07, 6.45) is 4.93. The number of nitrogens with zero attached hydrogens (tertiary/aromatic N) is 4. The number of benzene rings is 3. The van der Waals surface area contributed by atoms with Crippen LogP contribution in [0.3, 0.4) is 0 Å². The number of aromatic amines is 2. The van der Waals surface area contributed by atoms with Crippen molar-refractivity contribution in [3.8, 4) is 28.1 Å². The molecule has 6 heterocycles. The highest BCUT2D eigenvalue weighted by atomic mass is 16.5. The largest absolute Gasteiger partial charge is 0.488 e. The van der Waals surface area contributed by atoms with Gasteiger partial charge in [-0.3, -0.25) is 9.59 Å². The molecule has 65 heavy (non-hydrogen) atoms. The molecule has 4 aliphatic heterocycles. The van der Waals surface area contributed by atoms with Crippen LogP contribution in [0.15, 0.2) is 48.7 Å². The van der Waals surface area contributed by atoms with E-state index in [1.54, 1.807) is 0 Å². The van der Waals surface area contributed by atoms with Crippen LogP contribution in [0.25, 0.3) is 44.2 Å². The molecular weight excluding hydrogens is 829 g/mol. The molecule has 2 aromatic heterocycles. The highest BCUT2D eigenvalue weighted by Gasteiger charge is 2.45. The molecule has 1 unspecified atom stereocenters. The lowest BCUT2D eigenvalue weighted by molar-refractivity contribution is -0.140. The van der Waals surface area contributed by atoms with Crippen LogP contribution < -0.4 is 15.4 Å². The quantitative estimate of drug-likeness (QED) is 0.112. The maximum atomic E-state index is 14.5. The zero-order chi connectivity index (χ0) is 45.8. The lowest BCUT2D eigenvalue weighted by atomic mass is 9.85. The van der Waals surface area contributed by atoms with Crippen LogP contribution in [-0.4, -0.2) is 104 Å². The number of hydrogen-bond acceptors (Lipinski definition) is 10. The van der Waals surface area contributed by atoms with Crippen molar-refractivity contribution in [1.29, 1.82) is 0 Å². The molecule has 4 amide bonds. The lowest BCUT2D eigenvalue weighted by Crippen LogP contribution is -2.55. The SMILES string of the molecule is COC(=O)N[C@H](C(=O)N1[C@@H](C)CC[C@H]1c1nc2ccc3cc4c(cc3c2[nH]1)OCc1cc(-c2cnc([C@@H]3CC[C@H](C)N3C(=O)[C@H](NC(=O)OC)C3C[C@@H](C)O[C@@H](C)C3)[nH]2)ccc1-4)C(C)C. The molecule has 9 rings (SSSR count). The third-order valence-electron chi connectivity index (χ3n) is 14.1. The third kappa shape index (κ3) is 8.25. The van der Waals surface area contributed by atoms with E-state index >= 15 is 0 Å². The van der Waals surface area contributed by atoms with E-state index in [2.05, 4.69) is 63.9 Å². The predicted molar refractivity (Wildman–Crippen MR) is 244 cm³/mol. The van der Waals surface area contributed by atoms with Gasteiger partial charge in [-0.15, -0.1) is 0 Å². The van der Waals surface area contributed by atoms with Gasteiger partial charge in [-0.1, -0.05) is 32.0 Å². The number of aromatic nitrogens is 4. The molecule has 9 atom stereocenters. The number of H-pyrrole nitrogens is 2. The summed E-state index contributed by atoms with van der Waals surface area (Å²) in [7, 11) is 2.61. The molecule has 3 aromatic carbocycles. The second-order valence-electron chi connectivity index (χ2n) is 18.8. The van der Waals surface area contributed by atoms with E-state index in [0.717, 1.165) is 81.2 Å². The Kier molecular flexibility index (Phi) is 12.0. The minimum absolute atomic E-state index is 0.0292. The molecule has 16 nitrogen and oxygen atoms in total. The minimum atomic E-state index is -0.747. The van der Waals surface area contributed by atoms with E-state index in [-0.39, 0.29) is 60.0 Å². The van der Waals surface area contributed by atoms with Gasteiger partial charge in [-0.2, -0.15) is 0 Å². The van der Waals surface area contributed by atoms with Crippen molar-refractivity contribution in [3.05, 3.63) is 65.9 Å². The van der Waals surface area contributed by atoms with Crippen molar-refractivity contribution in [3.63, 3.8) is 0 Å². The topological polar surface area (TPSA) is 193 Å². The summed E-state index contributed by atoms with van der Waals surface area (Å²) < 4.78 is 22.2. The van der Waals surface area contributed by atoms with Crippen LogP contribution >= 0.6 is 0 Å². The van der Waals surface area contributed by atoms with E-state index < -0.39 is 24.3 Å². The Hall–Kier alpha value is -6.16. The van der Waals surface area contributed by atoms with Gasteiger partial charge in [0, 0.05) is 23.0 Å². The number of likely N-dealkylation sites (tertiary alicyclic amines) is 2. The molecule has 4 N–H and O–H groups in total. The highest BCUT2D eigenvalue weighted by molar-refractivity contribution is 6.07. The van der Waals surface area contributed by atoms with E-state index in [0.29, 0.717) is 31.1 Å². The van der Waals surface area contributed by atoms with E-state index in [4.69, 9.17) is 28.9 Å². The zero-order valence-electron chi connectivity index (χ0n) is 38.4. The van der Waals surface area contributed by atoms with Gasteiger partial charge in [0.2, 0.25) is 11.8 Å². The normalized spacial score (nSPS) is 24.9. The van der Waals surface area contributed by atoms with E-state index in [9.17, 15) is 19.2 Å². The molecule has 5 aromatic rings. The Labute approximate surface area is 378 Å². The number of ether oxygens (including phenoxy) is 4. The minimum Gasteiger partial charge on any atom is -0.488 e. The number of nitrogens with one attached hydrogen (secondary N) is 4. The van der Waals surface area contributed by atoms with Crippen molar-refractivity contribution in [1.82, 2.24) is 40.4 Å². The molecule has 0 bridgehead atoms. The van der Waals surface area contributed by atoms with Crippen LogP contribution in [-0.2, 0) is 30.4 Å². The fraction of sp³-hybridized carbons (Fsp3) is 0.510. The Morgan fingerprint density at radius 3 is 2.15 bits per heavy atom. The summed E-state index contributed by atoms with van der Waals surface area (Å²) in [4.78, 5) is 74.0. The number of rotatable bonds is 9. The van der Waals surface area contributed by atoms with Gasteiger partial charge >= 0.3 is 12.2 Å². The second-order valence-corrected chi connectivity index (χ2v) is 18.8. The Morgan fingerprint density at radius 1 is 0.785 bits per heavy atom. The van der Waals surface area contributed by atoms with Crippen LogP contribution in [0.1, 0.15) is 109 Å². The van der Waals surface area contributed by atoms with Crippen molar-refractivity contribution < 1.29 is 38.1 Å². The van der Waals surface area contributed by atoms with Crippen molar-refractivity contribution in [2.45, 2.75) is 135 Å². The van der Waals surface area contributed by atoms with Gasteiger partial charge in [0.05, 0.1) is 61.4 Å². The fourth-order valence-corrected chi connectivity index (χ4v) is 10.9. The first-order chi connectivity index (χ1) is 31.2. The molecule has 16 heteroatoms. The summed E-state index contributed by atoms with van der Waals surface area (Å²) in [5.41, 5.74) is 6.58. The molecule has 3 saturated heterocycles. The van der Waals surface area contributed by atoms with Gasteiger partial charge in [0.15, 0.2) is 0 Å². The van der Waals surface area contributed by atoms with Crippen molar-refractivity contribution in [2.24, 2.45) is 11.8 Å². The smallest absolute Gasteiger partial charge is 0.407 e. The summed E-state index contributed by atoms with van der Waals surface area (Å²) in [6, 6.07) is 12.6. The van der Waals surface area contributed by atoms with Gasteiger partial charge in [-0.25, -0.2) is 19.6 Å². The number of carbonyl (C=O) groups excluding carboxylic acids is 4. The standard InChI is InChI=1S/C49H60N8O8/c1-24(2)41(54-48(60)62-7)46(58)57-26(4)10-16-39(57)45-51-36-14-12-29-20-35-33-13-11-30(19-32(33)23-64-40(35)21-34(29)43(36)53-45)37-22-50-44(52-37)38-15-9-25(3)56(38)47(59)42(55-49(61)63-8)31-17-27(5)65-28(6)18-31/h11-14,19-22,24-28,31,38-39,41-42H,9-10,15-18,23H2,1-8H3,(H,50,52)(H,51,53)(H,54,60)(H,55,61)/t25-,26-,27-,28+,31?,38-,39-,41-,42+/m0/s1. The molecule has 0 aliphatic carbocycles. The number of carbonyl (C=O) groups is 4. The van der Waals surface area contributed by atoms with Crippen molar-refractivity contribution >= 4 is 45.8 Å². The van der Waals surface area contributed by atoms with Crippen molar-refractivity contribution in [2.75, 3.05) is 14.2 Å². The lowest BCUT2D eigenvalue weighted by Gasteiger charge is -2.39. The third-order valence-corrected chi connectivity index (χ3v) is 14.1. The van der Waals surface area contributed by atoms with E-state index in [1.165, 1.54) is 14.2 Å². The second kappa shape index (κ2) is 17.7. The average molecular weight is 889 g/mol. The number of alkyl carbamates (subject to hydrolysis) is 2. The summed E-state index contributed by atoms with van der Waals surface area (Å²) in [5, 5.41) is 7.62. The first-order valence-corrected chi connectivity index (χ1v) is 23.0. The zero-order valence-corrected chi connectivity index (χ0v) is 38.4. The van der Waals surface area contributed by atoms with Crippen LogP contribution in [0.2, 0.25) is 0 Å². The van der Waals surface area contributed by atoms with Crippen LogP contribution in [0.5, 0.6) is 5.75 Å². The molecule has 4 aliphatic rings. The van der Waals surface area contributed by atoms with Gasteiger partial charge in [0.1, 0.15) is 36.1 Å². The number of imidazole rings is 2. The molecule has 0 saturated carbocycles. The molecule has 3 fully saturated rings. The Morgan fingerprint density at radius 2 is 1.46 bits per heavy atom. The first kappa shape index (κ1) is 44.1. The summed E-state index contributed by atoms with van der Waals surface area (Å²) >= 11 is 0. The maximum absolute atomic E-state index is 14.5. The fourth-order valence-electron chi connectivity index (χ4n) is 10.9. The number of amides is 4. The molecule has 344 valence electrons. The molecule has 0 spiro atoms. The van der Waals surface area contributed by atoms with Gasteiger partial charge < -0.3 is 49.3 Å². The summed E-state index contributed by atoms with van der Waals surface area (Å²) in [5.74, 6) is 1.67. The van der Waals surface area contributed by atoms with Gasteiger partial charge in [0.25, 0.3) is 0 Å². The van der Waals surface area contributed by atoms with E-state index in [1.807, 2.05) is 56.7 Å². The Balaban J connectivity index is 0.959. The van der Waals surface area contributed by atoms with Crippen LogP contribution in [0.4, 0.5) is 9.59 Å². The average Bonchev–Trinajstić information content (AvgIpc) is 4.11. The maximum Gasteiger partial charge on any atom is 0.407 e. The van der Waals surface area contributed by atoms with Crippen LogP contribution in [0, 0.1) is 11.8 Å². The molecule has 0 radical (unpaired) electrons. The summed E-state index contributed by atoms with van der Waals surface area (Å²) in [6.45, 7) is 12.3. The molecular formula is C49H60N8O8. The number of methoxy groups -OCH3 is 2.